The minimum atomic E-state index is -0.731. The first kappa shape index (κ1) is 14.5. The third kappa shape index (κ3) is 4.35. The molecule has 0 heterocycles. The molecular formula is C15H20N2O3. The van der Waals surface area contributed by atoms with Crippen LogP contribution in [-0.2, 0) is 9.59 Å². The first-order chi connectivity index (χ1) is 9.65. The van der Waals surface area contributed by atoms with Gasteiger partial charge in [-0.1, -0.05) is 24.6 Å². The largest absolute Gasteiger partial charge is 0.481 e. The van der Waals surface area contributed by atoms with Crippen molar-refractivity contribution in [1.82, 2.24) is 5.32 Å². The van der Waals surface area contributed by atoms with E-state index in [1.54, 1.807) is 0 Å². The second kappa shape index (κ2) is 7.05. The van der Waals surface area contributed by atoms with Crippen LogP contribution in [0.5, 0.6) is 0 Å². The summed E-state index contributed by atoms with van der Waals surface area (Å²) < 4.78 is 0. The van der Waals surface area contributed by atoms with Crippen molar-refractivity contribution >= 4 is 17.6 Å². The number of anilines is 1. The highest BCUT2D eigenvalue weighted by atomic mass is 16.4. The van der Waals surface area contributed by atoms with Crippen LogP contribution in [0.15, 0.2) is 30.3 Å². The van der Waals surface area contributed by atoms with Crippen molar-refractivity contribution in [3.63, 3.8) is 0 Å². The van der Waals surface area contributed by atoms with Crippen LogP contribution >= 0.6 is 0 Å². The smallest absolute Gasteiger partial charge is 0.306 e. The SMILES string of the molecule is O=C(CNC1CCCC(C(=O)O)C1)Nc1ccccc1. The fourth-order valence-corrected chi connectivity index (χ4v) is 2.56. The fraction of sp³-hybridized carbons (Fsp3) is 0.467. The van der Waals surface area contributed by atoms with Gasteiger partial charge in [0, 0.05) is 11.7 Å². The molecular weight excluding hydrogens is 256 g/mol. The number of carbonyl (C=O) groups excluding carboxylic acids is 1. The Kier molecular flexibility index (Phi) is 5.12. The molecule has 108 valence electrons. The summed E-state index contributed by atoms with van der Waals surface area (Å²) in [6.45, 7) is 0.214. The molecule has 2 unspecified atom stereocenters. The zero-order chi connectivity index (χ0) is 14.4. The van der Waals surface area contributed by atoms with Gasteiger partial charge in [-0.3, -0.25) is 9.59 Å². The summed E-state index contributed by atoms with van der Waals surface area (Å²) in [7, 11) is 0. The van der Waals surface area contributed by atoms with E-state index >= 15 is 0 Å². The average Bonchev–Trinajstić information content (AvgIpc) is 2.46. The number of aliphatic carboxylic acids is 1. The van der Waals surface area contributed by atoms with Crippen LogP contribution in [0.25, 0.3) is 0 Å². The highest BCUT2D eigenvalue weighted by molar-refractivity contribution is 5.92. The maximum Gasteiger partial charge on any atom is 0.306 e. The summed E-state index contributed by atoms with van der Waals surface area (Å²) >= 11 is 0. The van der Waals surface area contributed by atoms with E-state index < -0.39 is 5.97 Å². The van der Waals surface area contributed by atoms with Crippen LogP contribution in [0, 0.1) is 5.92 Å². The molecule has 2 rings (SSSR count). The number of para-hydroxylation sites is 1. The molecule has 0 aromatic heterocycles. The molecule has 0 bridgehead atoms. The van der Waals surface area contributed by atoms with Crippen LogP contribution in [-0.4, -0.2) is 29.6 Å². The molecule has 5 heteroatoms. The van der Waals surface area contributed by atoms with E-state index in [1.807, 2.05) is 30.3 Å². The zero-order valence-electron chi connectivity index (χ0n) is 11.3. The summed E-state index contributed by atoms with van der Waals surface area (Å²) in [6.07, 6.45) is 3.18. The van der Waals surface area contributed by atoms with Gasteiger partial charge in [0.25, 0.3) is 0 Å². The van der Waals surface area contributed by atoms with E-state index in [9.17, 15) is 9.59 Å². The average molecular weight is 276 g/mol. The Balaban J connectivity index is 1.74. The van der Waals surface area contributed by atoms with Crippen molar-refractivity contribution in [2.24, 2.45) is 5.92 Å². The molecule has 1 fully saturated rings. The van der Waals surface area contributed by atoms with Crippen LogP contribution in [0.4, 0.5) is 5.69 Å². The summed E-state index contributed by atoms with van der Waals surface area (Å²) in [4.78, 5) is 22.8. The zero-order valence-corrected chi connectivity index (χ0v) is 11.3. The Labute approximate surface area is 118 Å². The third-order valence-electron chi connectivity index (χ3n) is 3.63. The molecule has 0 aliphatic heterocycles. The van der Waals surface area contributed by atoms with Gasteiger partial charge in [-0.25, -0.2) is 0 Å². The standard InChI is InChI=1S/C15H20N2O3/c18-14(17-12-6-2-1-3-7-12)10-16-13-8-4-5-11(9-13)15(19)20/h1-3,6-7,11,13,16H,4-5,8-10H2,(H,17,18)(H,19,20). The Morgan fingerprint density at radius 1 is 1.20 bits per heavy atom. The minimum Gasteiger partial charge on any atom is -0.481 e. The molecule has 0 saturated heterocycles. The predicted octanol–water partition coefficient (Wildman–Crippen LogP) is 1.86. The van der Waals surface area contributed by atoms with E-state index in [4.69, 9.17) is 5.11 Å². The van der Waals surface area contributed by atoms with Gasteiger partial charge in [0.15, 0.2) is 0 Å². The maximum atomic E-state index is 11.8. The lowest BCUT2D eigenvalue weighted by Gasteiger charge is -2.27. The molecule has 1 aromatic rings. The quantitative estimate of drug-likeness (QED) is 0.767. The number of amides is 1. The number of hydrogen-bond donors (Lipinski definition) is 3. The van der Waals surface area contributed by atoms with E-state index in [1.165, 1.54) is 0 Å². The second-order valence-corrected chi connectivity index (χ2v) is 5.19. The van der Waals surface area contributed by atoms with Crippen LogP contribution in [0.1, 0.15) is 25.7 Å². The highest BCUT2D eigenvalue weighted by Crippen LogP contribution is 2.24. The van der Waals surface area contributed by atoms with Crippen molar-refractivity contribution < 1.29 is 14.7 Å². The number of carboxylic acid groups (broad SMARTS) is 1. The van der Waals surface area contributed by atoms with E-state index in [0.29, 0.717) is 6.42 Å². The molecule has 3 N–H and O–H groups in total. The number of benzene rings is 1. The predicted molar refractivity (Wildman–Crippen MR) is 76.5 cm³/mol. The van der Waals surface area contributed by atoms with E-state index in [-0.39, 0.29) is 24.4 Å². The maximum absolute atomic E-state index is 11.8. The van der Waals surface area contributed by atoms with Crippen LogP contribution in [0.3, 0.4) is 0 Å². The van der Waals surface area contributed by atoms with Crippen LogP contribution in [0.2, 0.25) is 0 Å². The Bertz CT molecular complexity index is 461. The normalized spacial score (nSPS) is 22.2. The highest BCUT2D eigenvalue weighted by Gasteiger charge is 2.26. The Morgan fingerprint density at radius 3 is 2.65 bits per heavy atom. The van der Waals surface area contributed by atoms with Gasteiger partial charge in [-0.05, 0) is 31.4 Å². The van der Waals surface area contributed by atoms with Crippen molar-refractivity contribution in [3.8, 4) is 0 Å². The van der Waals surface area contributed by atoms with Gasteiger partial charge in [-0.15, -0.1) is 0 Å². The first-order valence-corrected chi connectivity index (χ1v) is 6.96. The first-order valence-electron chi connectivity index (χ1n) is 6.96. The number of rotatable bonds is 5. The van der Waals surface area contributed by atoms with Crippen molar-refractivity contribution in [2.45, 2.75) is 31.7 Å². The molecule has 2 atom stereocenters. The molecule has 1 amide bonds. The number of hydrogen-bond acceptors (Lipinski definition) is 3. The molecule has 0 spiro atoms. The topological polar surface area (TPSA) is 78.4 Å². The summed E-state index contributed by atoms with van der Waals surface area (Å²) in [5.74, 6) is -1.11. The second-order valence-electron chi connectivity index (χ2n) is 5.19. The van der Waals surface area contributed by atoms with Crippen molar-refractivity contribution in [1.29, 1.82) is 0 Å². The monoisotopic (exact) mass is 276 g/mol. The molecule has 0 radical (unpaired) electrons. The van der Waals surface area contributed by atoms with Gasteiger partial charge < -0.3 is 15.7 Å². The molecule has 1 saturated carbocycles. The molecule has 1 aliphatic carbocycles. The Morgan fingerprint density at radius 2 is 1.95 bits per heavy atom. The number of carbonyl (C=O) groups is 2. The summed E-state index contributed by atoms with van der Waals surface area (Å²) in [5.41, 5.74) is 0.770. The number of nitrogens with one attached hydrogen (secondary N) is 2. The van der Waals surface area contributed by atoms with Crippen molar-refractivity contribution in [3.05, 3.63) is 30.3 Å². The molecule has 20 heavy (non-hydrogen) atoms. The molecule has 5 nitrogen and oxygen atoms in total. The van der Waals surface area contributed by atoms with E-state index in [0.717, 1.165) is 24.9 Å². The van der Waals surface area contributed by atoms with Gasteiger partial charge in [-0.2, -0.15) is 0 Å². The minimum absolute atomic E-state index is 0.103. The lowest BCUT2D eigenvalue weighted by molar-refractivity contribution is -0.143. The van der Waals surface area contributed by atoms with E-state index in [2.05, 4.69) is 10.6 Å². The van der Waals surface area contributed by atoms with Crippen LogP contribution < -0.4 is 10.6 Å². The van der Waals surface area contributed by atoms with Gasteiger partial charge >= 0.3 is 5.97 Å². The Hall–Kier alpha value is -1.88. The van der Waals surface area contributed by atoms with Gasteiger partial charge in [0.2, 0.25) is 5.91 Å². The van der Waals surface area contributed by atoms with Gasteiger partial charge in [0.1, 0.15) is 0 Å². The summed E-state index contributed by atoms with van der Waals surface area (Å²) in [5, 5.41) is 15.0. The number of carboxylic acids is 1. The lowest BCUT2D eigenvalue weighted by Crippen LogP contribution is -2.40. The molecule has 1 aromatic carbocycles. The lowest BCUT2D eigenvalue weighted by atomic mass is 9.86. The van der Waals surface area contributed by atoms with Crippen molar-refractivity contribution in [2.75, 3.05) is 11.9 Å². The third-order valence-corrected chi connectivity index (χ3v) is 3.63. The fourth-order valence-electron chi connectivity index (χ4n) is 2.56. The summed E-state index contributed by atoms with van der Waals surface area (Å²) in [6, 6.07) is 9.40. The molecule has 1 aliphatic rings. The van der Waals surface area contributed by atoms with Gasteiger partial charge in [0.05, 0.1) is 12.5 Å².